The fourth-order valence-corrected chi connectivity index (χ4v) is 1.04. The molecule has 2 nitrogen and oxygen atoms in total. The third-order valence-electron chi connectivity index (χ3n) is 0.966. The van der Waals surface area contributed by atoms with E-state index in [9.17, 15) is 0 Å². The summed E-state index contributed by atoms with van der Waals surface area (Å²) >= 11 is 0.726. The van der Waals surface area contributed by atoms with Gasteiger partial charge in [-0.25, -0.2) is 0 Å². The van der Waals surface area contributed by atoms with Gasteiger partial charge >= 0.3 is 0 Å². The summed E-state index contributed by atoms with van der Waals surface area (Å²) in [7, 11) is 0. The smallest absolute Gasteiger partial charge is 0.170 e. The van der Waals surface area contributed by atoms with Crippen LogP contribution in [0.3, 0.4) is 0 Å². The van der Waals surface area contributed by atoms with Crippen LogP contribution < -0.4 is 0 Å². The van der Waals surface area contributed by atoms with Crippen molar-refractivity contribution in [3.63, 3.8) is 0 Å². The molecule has 1 rings (SSSR count). The zero-order valence-corrected chi connectivity index (χ0v) is 6.12. The van der Waals surface area contributed by atoms with Gasteiger partial charge in [0.15, 0.2) is 0 Å². The molecule has 0 aromatic heterocycles. The summed E-state index contributed by atoms with van der Waals surface area (Å²) in [6, 6.07) is 9.65. The van der Waals surface area contributed by atoms with Crippen LogP contribution in [0.1, 0.15) is 0 Å². The monoisotopic (exact) mass is 150 g/mol. The van der Waals surface area contributed by atoms with Gasteiger partial charge in [0.05, 0.1) is 0 Å². The molecular weight excluding hydrogens is 144 g/mol. The molecule has 3 heteroatoms. The second-order valence-electron chi connectivity index (χ2n) is 1.64. The molecule has 0 radical (unpaired) electrons. The van der Waals surface area contributed by atoms with E-state index in [0.717, 1.165) is 16.5 Å². The Labute approximate surface area is 63.2 Å². The minimum absolute atomic E-state index is 0.726. The van der Waals surface area contributed by atoms with Gasteiger partial charge in [-0.2, -0.15) is 5.26 Å². The summed E-state index contributed by atoms with van der Waals surface area (Å²) in [6.45, 7) is 0. The first-order valence-corrected chi connectivity index (χ1v) is 3.63. The topological polar surface area (TPSA) is 36.1 Å². The summed E-state index contributed by atoms with van der Waals surface area (Å²) in [5, 5.41) is 8.10. The molecule has 0 aliphatic carbocycles. The molecule has 0 fully saturated rings. The summed E-state index contributed by atoms with van der Waals surface area (Å²) in [6.07, 6.45) is 1.73. The molecule has 0 saturated heterocycles. The lowest BCUT2D eigenvalue weighted by Crippen LogP contribution is -1.68. The van der Waals surface area contributed by atoms with E-state index >= 15 is 0 Å². The van der Waals surface area contributed by atoms with Crippen molar-refractivity contribution < 1.29 is 0 Å². The Morgan fingerprint density at radius 1 is 1.30 bits per heavy atom. The Morgan fingerprint density at radius 3 is 2.60 bits per heavy atom. The van der Waals surface area contributed by atoms with Crippen LogP contribution in [0.15, 0.2) is 39.6 Å². The fourth-order valence-electron chi connectivity index (χ4n) is 0.575. The van der Waals surface area contributed by atoms with Crippen LogP contribution in [0.5, 0.6) is 0 Å². The Balaban J connectivity index is 2.79. The van der Waals surface area contributed by atoms with Crippen LogP contribution in [-0.4, -0.2) is 0 Å². The molecule has 0 amide bonds. The summed E-state index contributed by atoms with van der Waals surface area (Å²) < 4.78 is 3.52. The van der Waals surface area contributed by atoms with E-state index in [0.29, 0.717) is 0 Å². The van der Waals surface area contributed by atoms with Gasteiger partial charge in [0.1, 0.15) is 0 Å². The highest BCUT2D eigenvalue weighted by atomic mass is 32.1. The Hall–Kier alpha value is -1.14. The van der Waals surface area contributed by atoms with Crippen molar-refractivity contribution in [2.24, 2.45) is 4.36 Å². The van der Waals surface area contributed by atoms with Gasteiger partial charge in [0, 0.05) is 4.90 Å². The number of hydrogen-bond acceptors (Lipinski definition) is 2. The molecule has 0 spiro atoms. The largest absolute Gasteiger partial charge is 0.212 e. The number of benzene rings is 1. The van der Waals surface area contributed by atoms with E-state index in [4.69, 9.17) is 5.26 Å². The molecule has 0 aliphatic rings. The van der Waals surface area contributed by atoms with Gasteiger partial charge in [-0.15, -0.1) is 4.36 Å². The van der Waals surface area contributed by atoms with Crippen LogP contribution in [0.2, 0.25) is 0 Å². The minimum Gasteiger partial charge on any atom is -0.170 e. The van der Waals surface area contributed by atoms with Crippen molar-refractivity contribution >= 4 is 11.6 Å². The van der Waals surface area contributed by atoms with Crippen molar-refractivity contribution in [3.05, 3.63) is 30.3 Å². The zero-order chi connectivity index (χ0) is 7.23. The second-order valence-corrected chi connectivity index (χ2v) is 2.55. The fraction of sp³-hybridized carbons (Fsp3) is 0. The highest BCUT2D eigenvalue weighted by Gasteiger charge is 1.79. The predicted molar refractivity (Wildman–Crippen MR) is 41.5 cm³/mol. The minimum atomic E-state index is 0.726. The van der Waals surface area contributed by atoms with Crippen LogP contribution in [0, 0.1) is 11.5 Å². The third-order valence-corrected chi connectivity index (χ3v) is 1.68. The van der Waals surface area contributed by atoms with Gasteiger partial charge < -0.3 is 0 Å². The number of hydrogen-bond donors (Lipinski definition) is 1. The van der Waals surface area contributed by atoms with E-state index in [1.54, 1.807) is 6.19 Å². The molecule has 0 bridgehead atoms. The zero-order valence-electron chi connectivity index (χ0n) is 5.23. The van der Waals surface area contributed by atoms with Crippen molar-refractivity contribution in [3.8, 4) is 6.19 Å². The second kappa shape index (κ2) is 3.80. The SMILES string of the molecule is N#CN=[SH]c1ccccc1. The quantitative estimate of drug-likeness (QED) is 0.478. The van der Waals surface area contributed by atoms with E-state index in [-0.39, 0.29) is 0 Å². The average molecular weight is 150 g/mol. The molecule has 0 heterocycles. The molecule has 50 valence electrons. The van der Waals surface area contributed by atoms with Crippen LogP contribution in [0.4, 0.5) is 0 Å². The molecular formula is C7H6N2S. The van der Waals surface area contributed by atoms with E-state index in [2.05, 4.69) is 4.36 Å². The molecule has 1 aromatic rings. The first-order valence-electron chi connectivity index (χ1n) is 2.78. The maximum absolute atomic E-state index is 8.10. The van der Waals surface area contributed by atoms with Gasteiger partial charge in [-0.1, -0.05) is 29.8 Å². The molecule has 0 unspecified atom stereocenters. The van der Waals surface area contributed by atoms with Gasteiger partial charge in [0.25, 0.3) is 0 Å². The molecule has 0 atom stereocenters. The standard InChI is InChI=1S/C7H6N2S/c8-6-9-10-7-4-2-1-3-5-7/h1-5,10H. The lowest BCUT2D eigenvalue weighted by molar-refractivity contribution is 1.43. The summed E-state index contributed by atoms with van der Waals surface area (Å²) in [5.74, 6) is 0. The lowest BCUT2D eigenvalue weighted by atomic mass is 10.4. The van der Waals surface area contributed by atoms with Gasteiger partial charge in [-0.3, -0.25) is 0 Å². The summed E-state index contributed by atoms with van der Waals surface area (Å²) in [4.78, 5) is 1.05. The van der Waals surface area contributed by atoms with Crippen molar-refractivity contribution in [2.75, 3.05) is 0 Å². The third kappa shape index (κ3) is 2.00. The van der Waals surface area contributed by atoms with E-state index < -0.39 is 0 Å². The number of nitriles is 1. The lowest BCUT2D eigenvalue weighted by Gasteiger charge is -1.85. The number of thiol groups is 1. The molecule has 0 N–H and O–H groups in total. The highest BCUT2D eigenvalue weighted by Crippen LogP contribution is 1.97. The molecule has 0 saturated carbocycles. The van der Waals surface area contributed by atoms with E-state index in [1.807, 2.05) is 30.3 Å². The Kier molecular flexibility index (Phi) is 2.65. The first-order chi connectivity index (χ1) is 4.93. The molecule has 0 aliphatic heterocycles. The summed E-state index contributed by atoms with van der Waals surface area (Å²) in [5.41, 5.74) is 0. The Bertz CT molecular complexity index is 261. The van der Waals surface area contributed by atoms with Gasteiger partial charge in [-0.05, 0) is 12.1 Å². The van der Waals surface area contributed by atoms with E-state index in [1.165, 1.54) is 0 Å². The van der Waals surface area contributed by atoms with Crippen molar-refractivity contribution in [1.29, 1.82) is 5.26 Å². The number of nitrogens with zero attached hydrogens (tertiary/aromatic N) is 2. The first kappa shape index (κ1) is 6.97. The predicted octanol–water partition coefficient (Wildman–Crippen LogP) is 1.53. The van der Waals surface area contributed by atoms with Crippen LogP contribution in [-0.2, 0) is 11.6 Å². The highest BCUT2D eigenvalue weighted by molar-refractivity contribution is 7.68. The van der Waals surface area contributed by atoms with Gasteiger partial charge in [0.2, 0.25) is 6.19 Å². The molecule has 10 heavy (non-hydrogen) atoms. The normalized spacial score (nSPS) is 10.3. The van der Waals surface area contributed by atoms with Crippen molar-refractivity contribution in [1.82, 2.24) is 0 Å². The Morgan fingerprint density at radius 2 is 2.00 bits per heavy atom. The van der Waals surface area contributed by atoms with Crippen LogP contribution >= 0.6 is 0 Å². The van der Waals surface area contributed by atoms with Crippen molar-refractivity contribution in [2.45, 2.75) is 4.90 Å². The number of rotatable bonds is 1. The maximum Gasteiger partial charge on any atom is 0.212 e. The maximum atomic E-state index is 8.10. The molecule has 1 aromatic carbocycles. The average Bonchev–Trinajstić information content (AvgIpc) is 2.03. The van der Waals surface area contributed by atoms with Crippen LogP contribution in [0.25, 0.3) is 0 Å².